The van der Waals surface area contributed by atoms with Gasteiger partial charge in [0.05, 0.1) is 18.5 Å². The van der Waals surface area contributed by atoms with E-state index in [0.717, 1.165) is 22.2 Å². The summed E-state index contributed by atoms with van der Waals surface area (Å²) in [5.74, 6) is 0. The van der Waals surface area contributed by atoms with Crippen LogP contribution >= 0.6 is 23.2 Å². The van der Waals surface area contributed by atoms with E-state index < -0.39 is 7.26 Å². The minimum absolute atomic E-state index is 0.125. The van der Waals surface area contributed by atoms with E-state index in [1.165, 1.54) is 0 Å². The molecule has 0 spiro atoms. The molecule has 3 aromatic carbocycles. The van der Waals surface area contributed by atoms with Crippen molar-refractivity contribution in [2.45, 2.75) is 6.92 Å². The number of carbonyl (C=O) groups is 2. The molecular formula is C24H27BrO4P+. The van der Waals surface area contributed by atoms with Crippen molar-refractivity contribution in [3.05, 3.63) is 91.0 Å². The van der Waals surface area contributed by atoms with Crippen molar-refractivity contribution < 1.29 is 19.8 Å². The van der Waals surface area contributed by atoms with E-state index in [1.807, 2.05) is 54.6 Å². The summed E-state index contributed by atoms with van der Waals surface area (Å²) in [6.07, 6.45) is 0.792. The molecule has 4 nitrogen and oxygen atoms in total. The van der Waals surface area contributed by atoms with Crippen molar-refractivity contribution in [3.63, 3.8) is 0 Å². The van der Waals surface area contributed by atoms with Crippen LogP contribution in [0.15, 0.2) is 91.0 Å². The van der Waals surface area contributed by atoms with Gasteiger partial charge >= 0.3 is 0 Å². The second kappa shape index (κ2) is 14.8. The summed E-state index contributed by atoms with van der Waals surface area (Å²) < 4.78 is 0. The number of hydrogen-bond donors (Lipinski definition) is 2. The Morgan fingerprint density at radius 3 is 1.20 bits per heavy atom. The van der Waals surface area contributed by atoms with Gasteiger partial charge in [-0.05, 0) is 36.4 Å². The molecule has 0 saturated carbocycles. The molecule has 0 bridgehead atoms. The van der Waals surface area contributed by atoms with Crippen LogP contribution < -0.4 is 15.9 Å². The third-order valence-corrected chi connectivity index (χ3v) is 8.49. The Morgan fingerprint density at radius 1 is 0.767 bits per heavy atom. The lowest BCUT2D eigenvalue weighted by atomic mass is 10.4. The highest BCUT2D eigenvalue weighted by Gasteiger charge is 2.50. The van der Waals surface area contributed by atoms with Crippen LogP contribution in [0.2, 0.25) is 0 Å². The SMILES string of the molecule is CC(=O)[P+](c1ccccc1)(c1ccccc1)c1ccccc1.O=CCBr.OCCO. The van der Waals surface area contributed by atoms with Crippen molar-refractivity contribution in [1.29, 1.82) is 0 Å². The average Bonchev–Trinajstić information content (AvgIpc) is 2.82. The van der Waals surface area contributed by atoms with Crippen molar-refractivity contribution in [2.75, 3.05) is 18.5 Å². The average molecular weight is 490 g/mol. The molecule has 0 aromatic heterocycles. The van der Waals surface area contributed by atoms with Crippen molar-refractivity contribution in [3.8, 4) is 0 Å². The molecule has 0 saturated heterocycles. The molecule has 30 heavy (non-hydrogen) atoms. The maximum atomic E-state index is 12.9. The van der Waals surface area contributed by atoms with E-state index in [9.17, 15) is 4.79 Å². The summed E-state index contributed by atoms with van der Waals surface area (Å²) in [5.41, 5.74) is 0.232. The first-order chi connectivity index (χ1) is 14.6. The Labute approximate surface area is 187 Å². The highest BCUT2D eigenvalue weighted by Crippen LogP contribution is 2.55. The Balaban J connectivity index is 0.000000485. The number of hydrogen-bond acceptors (Lipinski definition) is 4. The number of aliphatic hydroxyl groups excluding tert-OH is 2. The standard InChI is InChI=1S/C20H18OP.C2H3BrO.C2H6O2/c1-17(21)22(18-11-5-2-6-12-18,19-13-7-3-8-14-19)20-15-9-4-10-16-20;2*3-1-2-4/h2-16H,1H3;2H,1H2;3-4H,1-2H2/q+1;;. The predicted octanol–water partition coefficient (Wildman–Crippen LogP) is 3.08. The first-order valence-corrected chi connectivity index (χ1v) is 12.3. The lowest BCUT2D eigenvalue weighted by Gasteiger charge is -2.23. The fourth-order valence-corrected chi connectivity index (χ4v) is 6.79. The van der Waals surface area contributed by atoms with E-state index >= 15 is 0 Å². The van der Waals surface area contributed by atoms with E-state index in [-0.39, 0.29) is 18.7 Å². The number of carbonyl (C=O) groups excluding carboxylic acids is 2. The predicted molar refractivity (Wildman–Crippen MR) is 130 cm³/mol. The monoisotopic (exact) mass is 489 g/mol. The van der Waals surface area contributed by atoms with Crippen LogP contribution in [0.25, 0.3) is 0 Å². The normalized spacial score (nSPS) is 10.0. The summed E-state index contributed by atoms with van der Waals surface area (Å²) >= 11 is 2.88. The van der Waals surface area contributed by atoms with Gasteiger partial charge in [-0.3, -0.25) is 4.79 Å². The summed E-state index contributed by atoms with van der Waals surface area (Å²) in [6, 6.07) is 30.5. The second-order valence-corrected chi connectivity index (χ2v) is 10.1. The number of halogens is 1. The van der Waals surface area contributed by atoms with Crippen LogP contribution in [0.3, 0.4) is 0 Å². The molecule has 0 atom stereocenters. The molecule has 3 aromatic rings. The number of benzene rings is 3. The van der Waals surface area contributed by atoms with Gasteiger partial charge in [0, 0.05) is 6.92 Å². The van der Waals surface area contributed by atoms with E-state index in [4.69, 9.17) is 15.0 Å². The quantitative estimate of drug-likeness (QED) is 0.317. The third kappa shape index (κ3) is 6.96. The largest absolute Gasteiger partial charge is 0.394 e. The molecule has 0 heterocycles. The summed E-state index contributed by atoms with van der Waals surface area (Å²) in [7, 11) is -2.26. The molecule has 0 aliphatic carbocycles. The smallest absolute Gasteiger partial charge is 0.280 e. The van der Waals surface area contributed by atoms with Gasteiger partial charge in [0.15, 0.2) is 7.26 Å². The molecule has 3 rings (SSSR count). The molecule has 0 amide bonds. The van der Waals surface area contributed by atoms with E-state index in [1.54, 1.807) is 6.92 Å². The van der Waals surface area contributed by atoms with E-state index in [0.29, 0.717) is 5.33 Å². The molecule has 2 N–H and O–H groups in total. The van der Waals surface area contributed by atoms with Crippen molar-refractivity contribution >= 4 is 50.9 Å². The zero-order valence-electron chi connectivity index (χ0n) is 16.9. The second-order valence-electron chi connectivity index (χ2n) is 5.96. The first kappa shape index (κ1) is 25.9. The number of rotatable bonds is 6. The highest BCUT2D eigenvalue weighted by atomic mass is 79.9. The molecule has 0 aliphatic heterocycles. The molecule has 6 heteroatoms. The number of aliphatic hydroxyl groups is 2. The summed E-state index contributed by atoms with van der Waals surface area (Å²) in [5, 5.41) is 19.0. The molecule has 0 fully saturated rings. The topological polar surface area (TPSA) is 74.6 Å². The van der Waals surface area contributed by atoms with Crippen LogP contribution in [0.4, 0.5) is 0 Å². The summed E-state index contributed by atoms with van der Waals surface area (Å²) in [4.78, 5) is 22.0. The Hall–Kier alpha value is -2.17. The van der Waals surface area contributed by atoms with Gasteiger partial charge in [-0.2, -0.15) is 0 Å². The third-order valence-electron chi connectivity index (χ3n) is 4.07. The van der Waals surface area contributed by atoms with Crippen molar-refractivity contribution in [2.24, 2.45) is 0 Å². The molecule has 0 aliphatic rings. The van der Waals surface area contributed by atoms with Crippen LogP contribution in [-0.2, 0) is 9.59 Å². The maximum Gasteiger partial charge on any atom is 0.280 e. The van der Waals surface area contributed by atoms with Gasteiger partial charge in [-0.25, -0.2) is 0 Å². The lowest BCUT2D eigenvalue weighted by Crippen LogP contribution is -2.35. The molecule has 0 radical (unpaired) electrons. The minimum atomic E-state index is -2.26. The summed E-state index contributed by atoms with van der Waals surface area (Å²) in [6.45, 7) is 1.47. The van der Waals surface area contributed by atoms with E-state index in [2.05, 4.69) is 52.3 Å². The van der Waals surface area contributed by atoms with Crippen LogP contribution in [0, 0.1) is 0 Å². The minimum Gasteiger partial charge on any atom is -0.394 e. The highest BCUT2D eigenvalue weighted by molar-refractivity contribution is 9.09. The van der Waals surface area contributed by atoms with Gasteiger partial charge in [0.1, 0.15) is 22.2 Å². The van der Waals surface area contributed by atoms with Crippen LogP contribution in [0.5, 0.6) is 0 Å². The molecule has 0 unspecified atom stereocenters. The Kier molecular flexibility index (Phi) is 12.7. The van der Waals surface area contributed by atoms with Crippen LogP contribution in [0.1, 0.15) is 6.92 Å². The lowest BCUT2D eigenvalue weighted by molar-refractivity contribution is -0.109. The molecule has 158 valence electrons. The zero-order valence-corrected chi connectivity index (χ0v) is 19.4. The fraction of sp³-hybridized carbons (Fsp3) is 0.167. The number of aldehydes is 1. The van der Waals surface area contributed by atoms with Gasteiger partial charge in [-0.15, -0.1) is 0 Å². The Bertz CT molecular complexity index is 759. The van der Waals surface area contributed by atoms with Gasteiger partial charge < -0.3 is 15.0 Å². The van der Waals surface area contributed by atoms with Gasteiger partial charge in [-0.1, -0.05) is 70.5 Å². The fourth-order valence-electron chi connectivity index (χ4n) is 2.95. The van der Waals surface area contributed by atoms with Crippen molar-refractivity contribution in [1.82, 2.24) is 0 Å². The Morgan fingerprint density at radius 2 is 1.03 bits per heavy atom. The molecular weight excluding hydrogens is 463 g/mol. The maximum absolute atomic E-state index is 12.9. The van der Waals surface area contributed by atoms with Gasteiger partial charge in [0.2, 0.25) is 0 Å². The zero-order chi connectivity index (χ0) is 22.2. The van der Waals surface area contributed by atoms with Crippen LogP contribution in [-0.4, -0.2) is 40.6 Å². The number of alkyl halides is 1. The van der Waals surface area contributed by atoms with Gasteiger partial charge in [0.25, 0.3) is 5.52 Å². The first-order valence-electron chi connectivity index (χ1n) is 9.37.